The number of hydrogen-bond donors (Lipinski definition) is 1. The van der Waals surface area contributed by atoms with Crippen molar-refractivity contribution in [1.82, 2.24) is 0 Å². The summed E-state index contributed by atoms with van der Waals surface area (Å²) in [5.41, 5.74) is 2.22. The van der Waals surface area contributed by atoms with Crippen molar-refractivity contribution in [1.29, 1.82) is 5.41 Å². The first-order valence-electron chi connectivity index (χ1n) is 5.44. The van der Waals surface area contributed by atoms with Crippen molar-refractivity contribution >= 4 is 22.6 Å². The Hall–Kier alpha value is -1.16. The highest BCUT2D eigenvalue weighted by Crippen LogP contribution is 2.33. The molecule has 1 aliphatic heterocycles. The molecule has 0 atom stereocenters. The van der Waals surface area contributed by atoms with Crippen molar-refractivity contribution in [2.45, 2.75) is 13.8 Å². The molecule has 86 valence electrons. The van der Waals surface area contributed by atoms with Crippen LogP contribution in [-0.2, 0) is 0 Å². The largest absolute Gasteiger partial charge is 0.492 e. The molecule has 0 saturated carbocycles. The fraction of sp³-hybridized carbons (Fsp3) is 0.417. The highest BCUT2D eigenvalue weighted by atomic mass is 32.2. The zero-order valence-corrected chi connectivity index (χ0v) is 10.4. The Bertz CT molecular complexity index is 406. The lowest BCUT2D eigenvalue weighted by Crippen LogP contribution is -2.23. The van der Waals surface area contributed by atoms with Gasteiger partial charge in [0.25, 0.3) is 0 Å². The van der Waals surface area contributed by atoms with Gasteiger partial charge in [-0.2, -0.15) is 0 Å². The van der Waals surface area contributed by atoms with Crippen LogP contribution in [0.5, 0.6) is 5.75 Å². The van der Waals surface area contributed by atoms with Gasteiger partial charge in [0.2, 0.25) is 0 Å². The second kappa shape index (κ2) is 4.78. The van der Waals surface area contributed by atoms with E-state index in [2.05, 4.69) is 13.0 Å². The number of ether oxygens (including phenoxy) is 1. The van der Waals surface area contributed by atoms with Gasteiger partial charge >= 0.3 is 0 Å². The van der Waals surface area contributed by atoms with Gasteiger partial charge in [-0.1, -0.05) is 17.8 Å². The van der Waals surface area contributed by atoms with E-state index in [-0.39, 0.29) is 0 Å². The minimum atomic E-state index is 0.617. The normalized spacial score (nSPS) is 15.6. The lowest BCUT2D eigenvalue weighted by molar-refractivity contribution is 0.341. The summed E-state index contributed by atoms with van der Waals surface area (Å²) >= 11 is 1.59. The Morgan fingerprint density at radius 2 is 2.31 bits per heavy atom. The quantitative estimate of drug-likeness (QED) is 0.876. The van der Waals surface area contributed by atoms with Crippen LogP contribution in [0, 0.1) is 12.3 Å². The minimum absolute atomic E-state index is 0.617. The van der Waals surface area contributed by atoms with Crippen LogP contribution in [0.4, 0.5) is 5.69 Å². The summed E-state index contributed by atoms with van der Waals surface area (Å²) in [6, 6.07) is 6.12. The molecule has 1 fully saturated rings. The van der Waals surface area contributed by atoms with Gasteiger partial charge in [0, 0.05) is 12.3 Å². The van der Waals surface area contributed by atoms with Gasteiger partial charge in [-0.15, -0.1) is 0 Å². The highest BCUT2D eigenvalue weighted by molar-refractivity contribution is 8.14. The van der Waals surface area contributed by atoms with Crippen molar-refractivity contribution in [3.63, 3.8) is 0 Å². The molecule has 0 radical (unpaired) electrons. The third-order valence-corrected chi connectivity index (χ3v) is 3.38. The molecule has 1 heterocycles. The van der Waals surface area contributed by atoms with E-state index < -0.39 is 0 Å². The number of benzene rings is 1. The first kappa shape index (κ1) is 11.3. The van der Waals surface area contributed by atoms with E-state index in [1.54, 1.807) is 11.8 Å². The Morgan fingerprint density at radius 1 is 1.50 bits per heavy atom. The molecule has 1 aromatic rings. The van der Waals surface area contributed by atoms with Crippen molar-refractivity contribution < 1.29 is 4.74 Å². The predicted molar refractivity (Wildman–Crippen MR) is 69.9 cm³/mol. The molecule has 1 N–H and O–H groups in total. The maximum absolute atomic E-state index is 7.88. The van der Waals surface area contributed by atoms with Gasteiger partial charge in [-0.25, -0.2) is 0 Å². The number of hydrogen-bond acceptors (Lipinski definition) is 3. The van der Waals surface area contributed by atoms with Gasteiger partial charge in [0.1, 0.15) is 5.75 Å². The number of aryl methyl sites for hydroxylation is 1. The van der Waals surface area contributed by atoms with Crippen LogP contribution >= 0.6 is 11.8 Å². The number of nitrogens with one attached hydrogen (secondary N) is 1. The molecule has 2 rings (SSSR count). The molecule has 1 aliphatic rings. The van der Waals surface area contributed by atoms with E-state index in [1.165, 1.54) is 5.56 Å². The van der Waals surface area contributed by atoms with E-state index in [0.29, 0.717) is 11.8 Å². The Morgan fingerprint density at radius 3 is 2.94 bits per heavy atom. The minimum Gasteiger partial charge on any atom is -0.492 e. The number of thioether (sulfide) groups is 1. The number of nitrogens with zero attached hydrogens (tertiary/aromatic N) is 1. The smallest absolute Gasteiger partial charge is 0.161 e. The Labute approximate surface area is 100 Å². The zero-order chi connectivity index (χ0) is 11.5. The van der Waals surface area contributed by atoms with Crippen LogP contribution in [0.2, 0.25) is 0 Å². The molecule has 4 heteroatoms. The summed E-state index contributed by atoms with van der Waals surface area (Å²) in [4.78, 5) is 2.02. The third kappa shape index (κ3) is 2.16. The van der Waals surface area contributed by atoms with Gasteiger partial charge in [0.15, 0.2) is 5.17 Å². The van der Waals surface area contributed by atoms with Crippen molar-refractivity contribution in [2.75, 3.05) is 23.8 Å². The summed E-state index contributed by atoms with van der Waals surface area (Å²) in [5.74, 6) is 1.86. The van der Waals surface area contributed by atoms with Crippen LogP contribution in [-0.4, -0.2) is 24.1 Å². The first-order valence-corrected chi connectivity index (χ1v) is 6.43. The van der Waals surface area contributed by atoms with Crippen molar-refractivity contribution in [3.05, 3.63) is 23.8 Å². The molecule has 1 saturated heterocycles. The highest BCUT2D eigenvalue weighted by Gasteiger charge is 2.22. The van der Waals surface area contributed by atoms with Gasteiger partial charge in [-0.05, 0) is 31.5 Å². The fourth-order valence-electron chi connectivity index (χ4n) is 1.76. The fourth-order valence-corrected chi connectivity index (χ4v) is 2.57. The lowest BCUT2D eigenvalue weighted by Gasteiger charge is -2.20. The van der Waals surface area contributed by atoms with E-state index in [0.717, 1.165) is 23.7 Å². The number of anilines is 1. The number of rotatable bonds is 3. The van der Waals surface area contributed by atoms with Crippen LogP contribution in [0.1, 0.15) is 12.5 Å². The van der Waals surface area contributed by atoms with E-state index in [1.807, 2.05) is 24.0 Å². The molecule has 16 heavy (non-hydrogen) atoms. The Kier molecular flexibility index (Phi) is 3.39. The predicted octanol–water partition coefficient (Wildman–Crippen LogP) is 2.88. The van der Waals surface area contributed by atoms with Crippen molar-refractivity contribution in [3.8, 4) is 5.75 Å². The topological polar surface area (TPSA) is 36.3 Å². The van der Waals surface area contributed by atoms with Gasteiger partial charge in [0.05, 0.1) is 12.3 Å². The maximum atomic E-state index is 7.88. The van der Waals surface area contributed by atoms with Gasteiger partial charge < -0.3 is 9.64 Å². The lowest BCUT2D eigenvalue weighted by atomic mass is 10.2. The third-order valence-electron chi connectivity index (χ3n) is 2.50. The van der Waals surface area contributed by atoms with E-state index in [9.17, 15) is 0 Å². The van der Waals surface area contributed by atoms with Crippen LogP contribution < -0.4 is 9.64 Å². The monoisotopic (exact) mass is 236 g/mol. The van der Waals surface area contributed by atoms with E-state index in [4.69, 9.17) is 10.1 Å². The summed E-state index contributed by atoms with van der Waals surface area (Å²) in [6.07, 6.45) is 0. The molecule has 0 bridgehead atoms. The molecule has 0 aliphatic carbocycles. The van der Waals surface area contributed by atoms with Crippen LogP contribution in [0.15, 0.2) is 18.2 Å². The second-order valence-corrected chi connectivity index (χ2v) is 4.79. The summed E-state index contributed by atoms with van der Waals surface area (Å²) in [5, 5.41) is 8.49. The standard InChI is InChI=1S/C12H16N2OS/c1-3-15-11-5-4-9(2)8-10(11)14-6-7-16-12(14)13/h4-5,8,13H,3,6-7H2,1-2H3. The second-order valence-electron chi connectivity index (χ2n) is 3.71. The molecule has 0 amide bonds. The summed E-state index contributed by atoms with van der Waals surface area (Å²) in [6.45, 7) is 5.59. The average Bonchev–Trinajstić information content (AvgIpc) is 2.67. The van der Waals surface area contributed by atoms with Crippen LogP contribution in [0.25, 0.3) is 0 Å². The van der Waals surface area contributed by atoms with Crippen LogP contribution in [0.3, 0.4) is 0 Å². The maximum Gasteiger partial charge on any atom is 0.161 e. The molecule has 0 unspecified atom stereocenters. The molecular weight excluding hydrogens is 220 g/mol. The first-order chi connectivity index (χ1) is 7.72. The zero-order valence-electron chi connectivity index (χ0n) is 9.62. The molecular formula is C12H16N2OS. The van der Waals surface area contributed by atoms with E-state index >= 15 is 0 Å². The number of amidine groups is 1. The molecule has 0 spiro atoms. The summed E-state index contributed by atoms with van der Waals surface area (Å²) < 4.78 is 5.61. The molecule has 1 aromatic carbocycles. The van der Waals surface area contributed by atoms with Crippen molar-refractivity contribution in [2.24, 2.45) is 0 Å². The SMILES string of the molecule is CCOc1ccc(C)cc1N1CCSC1=N. The molecule has 3 nitrogen and oxygen atoms in total. The average molecular weight is 236 g/mol. The summed E-state index contributed by atoms with van der Waals surface area (Å²) in [7, 11) is 0. The van der Waals surface area contributed by atoms with Gasteiger partial charge in [-0.3, -0.25) is 5.41 Å². The molecule has 0 aromatic heterocycles. The Balaban J connectivity index is 2.36.